The van der Waals surface area contributed by atoms with E-state index in [-0.39, 0.29) is 23.8 Å². The molecule has 1 aliphatic carbocycles. The molecule has 2 heterocycles. The zero-order valence-corrected chi connectivity index (χ0v) is 15.8. The number of aromatic nitrogens is 1. The number of nitrogens with zero attached hydrogens (tertiary/aromatic N) is 4. The summed E-state index contributed by atoms with van der Waals surface area (Å²) in [5, 5.41) is 9.05. The summed E-state index contributed by atoms with van der Waals surface area (Å²) in [4.78, 5) is 20.7. The number of hydrogen-bond donors (Lipinski definition) is 0. The lowest BCUT2D eigenvalue weighted by atomic mass is 9.89. The van der Waals surface area contributed by atoms with E-state index in [9.17, 15) is 18.0 Å². The SMILES string of the molecule is Cc1ccncc1N1C(=O)N(c2ccc(C#N)c(C(F)(F)F)c2)[C@H]2CCCC[C@@H]21. The van der Waals surface area contributed by atoms with Crippen molar-refractivity contribution in [2.24, 2.45) is 0 Å². The Hall–Kier alpha value is -3.08. The van der Waals surface area contributed by atoms with E-state index >= 15 is 0 Å². The summed E-state index contributed by atoms with van der Waals surface area (Å²) in [6.07, 6.45) is 1.97. The predicted molar refractivity (Wildman–Crippen MR) is 102 cm³/mol. The fourth-order valence-electron chi connectivity index (χ4n) is 4.40. The second kappa shape index (κ2) is 7.07. The maximum absolute atomic E-state index is 13.5. The fraction of sp³-hybridized carbons (Fsp3) is 0.381. The molecule has 0 bridgehead atoms. The number of benzene rings is 1. The van der Waals surface area contributed by atoms with Crippen molar-refractivity contribution >= 4 is 17.4 Å². The molecule has 1 aromatic heterocycles. The smallest absolute Gasteiger partial charge is 0.289 e. The van der Waals surface area contributed by atoms with Crippen LogP contribution in [0.1, 0.15) is 42.4 Å². The summed E-state index contributed by atoms with van der Waals surface area (Å²) in [6, 6.07) is 6.20. The van der Waals surface area contributed by atoms with E-state index in [1.165, 1.54) is 11.0 Å². The van der Waals surface area contributed by atoms with E-state index < -0.39 is 17.3 Å². The van der Waals surface area contributed by atoms with Crippen LogP contribution in [0, 0.1) is 18.3 Å². The van der Waals surface area contributed by atoms with Gasteiger partial charge in [-0.1, -0.05) is 12.8 Å². The first kappa shape index (κ1) is 19.2. The zero-order valence-electron chi connectivity index (χ0n) is 15.8. The van der Waals surface area contributed by atoms with Crippen LogP contribution in [0.25, 0.3) is 0 Å². The van der Waals surface area contributed by atoms with Crippen molar-refractivity contribution in [3.8, 4) is 6.07 Å². The third-order valence-electron chi connectivity index (χ3n) is 5.75. The third kappa shape index (κ3) is 3.20. The quantitative estimate of drug-likeness (QED) is 0.710. The van der Waals surface area contributed by atoms with E-state index in [1.54, 1.807) is 23.4 Å². The summed E-state index contributed by atoms with van der Waals surface area (Å²) < 4.78 is 40.4. The van der Waals surface area contributed by atoms with Crippen LogP contribution in [-0.4, -0.2) is 23.1 Å². The molecule has 0 N–H and O–H groups in total. The molecule has 1 aliphatic heterocycles. The molecule has 5 nitrogen and oxygen atoms in total. The van der Waals surface area contributed by atoms with Crippen molar-refractivity contribution in [1.29, 1.82) is 5.26 Å². The number of halogens is 3. The van der Waals surface area contributed by atoms with Gasteiger partial charge in [0.05, 0.1) is 41.2 Å². The van der Waals surface area contributed by atoms with Crippen LogP contribution in [-0.2, 0) is 6.18 Å². The summed E-state index contributed by atoms with van der Waals surface area (Å²) in [6.45, 7) is 1.88. The number of carbonyl (C=O) groups excluding carboxylic acids is 1. The highest BCUT2D eigenvalue weighted by Gasteiger charge is 2.48. The van der Waals surface area contributed by atoms with Crippen LogP contribution >= 0.6 is 0 Å². The molecule has 2 aromatic rings. The van der Waals surface area contributed by atoms with Gasteiger partial charge in [0.15, 0.2) is 0 Å². The van der Waals surface area contributed by atoms with Gasteiger partial charge in [-0.25, -0.2) is 4.79 Å². The van der Waals surface area contributed by atoms with Crippen LogP contribution in [0.15, 0.2) is 36.7 Å². The number of nitriles is 1. The van der Waals surface area contributed by atoms with Gasteiger partial charge in [0.25, 0.3) is 0 Å². The van der Waals surface area contributed by atoms with Crippen molar-refractivity contribution in [3.05, 3.63) is 53.3 Å². The summed E-state index contributed by atoms with van der Waals surface area (Å²) in [5.74, 6) is 0. The Bertz CT molecular complexity index is 998. The molecule has 150 valence electrons. The Kier molecular flexibility index (Phi) is 4.69. The van der Waals surface area contributed by atoms with E-state index in [0.717, 1.165) is 37.0 Å². The number of aryl methyl sites for hydroxylation is 1. The highest BCUT2D eigenvalue weighted by molar-refractivity contribution is 6.08. The predicted octanol–water partition coefficient (Wildman–Crippen LogP) is 5.04. The van der Waals surface area contributed by atoms with Crippen LogP contribution in [0.5, 0.6) is 0 Å². The minimum atomic E-state index is -4.67. The van der Waals surface area contributed by atoms with Crippen molar-refractivity contribution in [1.82, 2.24) is 4.98 Å². The highest BCUT2D eigenvalue weighted by Crippen LogP contribution is 2.42. The van der Waals surface area contributed by atoms with Crippen molar-refractivity contribution < 1.29 is 18.0 Å². The summed E-state index contributed by atoms with van der Waals surface area (Å²) in [5.41, 5.74) is 0.265. The van der Waals surface area contributed by atoms with Crippen LogP contribution < -0.4 is 9.80 Å². The first-order valence-electron chi connectivity index (χ1n) is 9.47. The number of alkyl halides is 3. The zero-order chi connectivity index (χ0) is 20.8. The Morgan fingerprint density at radius 3 is 2.45 bits per heavy atom. The molecule has 2 atom stereocenters. The lowest BCUT2D eigenvalue weighted by Gasteiger charge is -2.32. The normalized spacial score (nSPS) is 21.8. The van der Waals surface area contributed by atoms with Gasteiger partial charge in [-0.2, -0.15) is 18.4 Å². The van der Waals surface area contributed by atoms with Crippen molar-refractivity contribution in [3.63, 3.8) is 0 Å². The lowest BCUT2D eigenvalue weighted by Crippen LogP contribution is -2.40. The van der Waals surface area contributed by atoms with Gasteiger partial charge in [-0.3, -0.25) is 14.8 Å². The minimum absolute atomic E-state index is 0.121. The van der Waals surface area contributed by atoms with Crippen LogP contribution in [0.2, 0.25) is 0 Å². The maximum Gasteiger partial charge on any atom is 0.417 e. The number of carbonyl (C=O) groups is 1. The number of hydrogen-bond acceptors (Lipinski definition) is 3. The second-order valence-corrected chi connectivity index (χ2v) is 7.44. The number of rotatable bonds is 2. The number of pyridine rings is 1. The molecule has 29 heavy (non-hydrogen) atoms. The monoisotopic (exact) mass is 400 g/mol. The topological polar surface area (TPSA) is 60.2 Å². The first-order chi connectivity index (χ1) is 13.8. The van der Waals surface area contributed by atoms with Crippen LogP contribution in [0.3, 0.4) is 0 Å². The number of urea groups is 1. The number of anilines is 2. The molecule has 0 spiro atoms. The van der Waals surface area contributed by atoms with Gasteiger partial charge in [0.2, 0.25) is 0 Å². The Labute approximate surface area is 166 Å². The second-order valence-electron chi connectivity index (χ2n) is 7.44. The highest BCUT2D eigenvalue weighted by atomic mass is 19.4. The minimum Gasteiger partial charge on any atom is -0.289 e. The number of amides is 2. The third-order valence-corrected chi connectivity index (χ3v) is 5.75. The fourth-order valence-corrected chi connectivity index (χ4v) is 4.40. The van der Waals surface area contributed by atoms with E-state index in [1.807, 2.05) is 13.0 Å². The number of fused-ring (bicyclic) bond motifs is 1. The standard InChI is InChI=1S/C21H19F3N4O/c1-13-8-9-26-12-19(13)28-18-5-3-2-4-17(18)27(20(28)29)15-7-6-14(11-25)16(10-15)21(22,23)24/h6-10,12,17-18H,2-5H2,1H3/t17-,18-/m0/s1. The average Bonchev–Trinajstić information content (AvgIpc) is 2.99. The molecule has 4 rings (SSSR count). The van der Waals surface area contributed by atoms with E-state index in [2.05, 4.69) is 4.98 Å². The molecule has 0 unspecified atom stereocenters. The molecule has 2 aliphatic rings. The molecular formula is C21H19F3N4O. The molecular weight excluding hydrogens is 381 g/mol. The molecule has 1 saturated heterocycles. The van der Waals surface area contributed by atoms with Gasteiger partial charge in [-0.05, 0) is 49.6 Å². The molecule has 1 aromatic carbocycles. The first-order valence-corrected chi connectivity index (χ1v) is 9.47. The van der Waals surface area contributed by atoms with Crippen molar-refractivity contribution in [2.45, 2.75) is 50.9 Å². The van der Waals surface area contributed by atoms with E-state index in [0.29, 0.717) is 12.1 Å². The average molecular weight is 400 g/mol. The Balaban J connectivity index is 1.81. The summed E-state index contributed by atoms with van der Waals surface area (Å²) in [7, 11) is 0. The Morgan fingerprint density at radius 2 is 1.83 bits per heavy atom. The van der Waals surface area contributed by atoms with Crippen LogP contribution in [0.4, 0.5) is 29.3 Å². The molecule has 2 fully saturated rings. The van der Waals surface area contributed by atoms with Gasteiger partial charge < -0.3 is 0 Å². The largest absolute Gasteiger partial charge is 0.417 e. The van der Waals surface area contributed by atoms with Gasteiger partial charge in [-0.15, -0.1) is 0 Å². The molecule has 2 amide bonds. The molecule has 0 radical (unpaired) electrons. The lowest BCUT2D eigenvalue weighted by molar-refractivity contribution is -0.137. The van der Waals surface area contributed by atoms with Gasteiger partial charge in [0, 0.05) is 11.9 Å². The molecule has 1 saturated carbocycles. The Morgan fingerprint density at radius 1 is 1.14 bits per heavy atom. The van der Waals surface area contributed by atoms with Gasteiger partial charge >= 0.3 is 12.2 Å². The molecule has 8 heteroatoms. The van der Waals surface area contributed by atoms with Gasteiger partial charge in [0.1, 0.15) is 0 Å². The van der Waals surface area contributed by atoms with E-state index in [4.69, 9.17) is 5.26 Å². The van der Waals surface area contributed by atoms with Crippen molar-refractivity contribution in [2.75, 3.05) is 9.80 Å². The maximum atomic E-state index is 13.5. The summed E-state index contributed by atoms with van der Waals surface area (Å²) >= 11 is 0.